The van der Waals surface area contributed by atoms with Crippen molar-refractivity contribution in [3.8, 4) is 11.3 Å². The van der Waals surface area contributed by atoms with E-state index in [9.17, 15) is 4.79 Å². The third kappa shape index (κ3) is 5.02. The van der Waals surface area contributed by atoms with Gasteiger partial charge in [0.05, 0.1) is 11.8 Å². The largest absolute Gasteiger partial charge is 0.376 e. The van der Waals surface area contributed by atoms with Gasteiger partial charge in [-0.2, -0.15) is 0 Å². The average Bonchev–Trinajstić information content (AvgIpc) is 3.42. The number of fused-ring (bicyclic) bond motifs is 1. The van der Waals surface area contributed by atoms with Gasteiger partial charge in [0, 0.05) is 54.5 Å². The number of nitrogens with zero attached hydrogens (tertiary/aromatic N) is 3. The number of hydrogen-bond acceptors (Lipinski definition) is 4. The van der Waals surface area contributed by atoms with Gasteiger partial charge < -0.3 is 15.0 Å². The highest BCUT2D eigenvalue weighted by molar-refractivity contribution is 7.15. The van der Waals surface area contributed by atoms with Gasteiger partial charge in [0.2, 0.25) is 0 Å². The first-order chi connectivity index (χ1) is 14.4. The smallest absolute Gasteiger partial charge is 0.317 e. The quantitative estimate of drug-likeness (QED) is 0.627. The maximum Gasteiger partial charge on any atom is 0.317 e. The van der Waals surface area contributed by atoms with E-state index in [0.717, 1.165) is 42.1 Å². The summed E-state index contributed by atoms with van der Waals surface area (Å²) in [6.45, 7) is 8.10. The van der Waals surface area contributed by atoms with Crippen LogP contribution < -0.4 is 5.32 Å². The molecule has 0 bridgehead atoms. The molecule has 4 rings (SSSR count). The van der Waals surface area contributed by atoms with E-state index in [1.165, 1.54) is 5.69 Å². The lowest BCUT2D eigenvalue weighted by Crippen LogP contribution is -2.50. The van der Waals surface area contributed by atoms with E-state index in [4.69, 9.17) is 9.72 Å². The number of imidazole rings is 1. The van der Waals surface area contributed by atoms with E-state index in [1.54, 1.807) is 11.3 Å². The second kappa shape index (κ2) is 8.78. The fraction of sp³-hybridized carbons (Fsp3) is 0.478. The summed E-state index contributed by atoms with van der Waals surface area (Å²) in [4.78, 5) is 20.6. The molecule has 0 unspecified atom stereocenters. The van der Waals surface area contributed by atoms with Crippen LogP contribution in [0.4, 0.5) is 4.79 Å². The van der Waals surface area contributed by atoms with Gasteiger partial charge in [-0.1, -0.05) is 30.3 Å². The molecule has 2 aromatic heterocycles. The zero-order valence-electron chi connectivity index (χ0n) is 17.9. The monoisotopic (exact) mass is 426 g/mol. The molecule has 3 heterocycles. The van der Waals surface area contributed by atoms with Crippen LogP contribution in [0.2, 0.25) is 0 Å². The number of ether oxygens (including phenoxy) is 1. The van der Waals surface area contributed by atoms with Crippen LogP contribution in [0.1, 0.15) is 39.3 Å². The van der Waals surface area contributed by atoms with Crippen molar-refractivity contribution in [3.05, 3.63) is 47.6 Å². The van der Waals surface area contributed by atoms with Gasteiger partial charge >= 0.3 is 6.03 Å². The number of carbonyl (C=O) groups excluding carboxylic acids is 1. The van der Waals surface area contributed by atoms with Gasteiger partial charge in [0.25, 0.3) is 0 Å². The summed E-state index contributed by atoms with van der Waals surface area (Å²) in [5, 5.41) is 5.24. The van der Waals surface area contributed by atoms with Crippen LogP contribution in [0.15, 0.2) is 41.9 Å². The first-order valence-corrected chi connectivity index (χ1v) is 11.5. The van der Waals surface area contributed by atoms with Crippen LogP contribution in [-0.2, 0) is 11.2 Å². The molecule has 3 aromatic rings. The molecule has 2 amide bonds. The van der Waals surface area contributed by atoms with Crippen LogP contribution in [0, 0.1) is 0 Å². The Labute approximate surface area is 181 Å². The molecule has 1 atom stereocenters. The Kier molecular flexibility index (Phi) is 6.11. The number of urea groups is 1. The van der Waals surface area contributed by atoms with Crippen molar-refractivity contribution in [1.82, 2.24) is 19.6 Å². The molecule has 1 N–H and O–H groups in total. The first-order valence-electron chi connectivity index (χ1n) is 10.6. The third-order valence-electron chi connectivity index (χ3n) is 5.21. The lowest BCUT2D eigenvalue weighted by molar-refractivity contribution is 0.0803. The molecular formula is C23H30N4O2S. The Bertz CT molecular complexity index is 984. The molecule has 0 spiro atoms. The highest BCUT2D eigenvalue weighted by Crippen LogP contribution is 2.24. The third-order valence-corrected chi connectivity index (χ3v) is 6.10. The minimum atomic E-state index is -0.267. The summed E-state index contributed by atoms with van der Waals surface area (Å²) in [6, 6.07) is 10.2. The number of aromatic nitrogens is 2. The van der Waals surface area contributed by atoms with Crippen LogP contribution in [-0.4, -0.2) is 51.7 Å². The maximum atomic E-state index is 12.9. The summed E-state index contributed by atoms with van der Waals surface area (Å²) in [5.74, 6) is 0. The van der Waals surface area contributed by atoms with Gasteiger partial charge in [-0.3, -0.25) is 4.40 Å². The first kappa shape index (κ1) is 20.9. The summed E-state index contributed by atoms with van der Waals surface area (Å²) in [7, 11) is 0. The van der Waals surface area contributed by atoms with Crippen molar-refractivity contribution in [1.29, 1.82) is 0 Å². The predicted molar refractivity (Wildman–Crippen MR) is 121 cm³/mol. The van der Waals surface area contributed by atoms with Crippen LogP contribution in [0.3, 0.4) is 0 Å². The Balaban J connectivity index is 1.48. The van der Waals surface area contributed by atoms with Crippen LogP contribution >= 0.6 is 11.3 Å². The fourth-order valence-corrected chi connectivity index (χ4v) is 4.62. The second-order valence-electron chi connectivity index (χ2n) is 8.88. The number of amides is 2. The predicted octanol–water partition coefficient (Wildman–Crippen LogP) is 4.59. The van der Waals surface area contributed by atoms with E-state index < -0.39 is 0 Å². The molecule has 1 fully saturated rings. The Morgan fingerprint density at radius 1 is 1.33 bits per heavy atom. The van der Waals surface area contributed by atoms with Crippen molar-refractivity contribution in [2.24, 2.45) is 0 Å². The fourth-order valence-electron chi connectivity index (χ4n) is 3.72. The Morgan fingerprint density at radius 2 is 2.13 bits per heavy atom. The molecule has 160 valence electrons. The van der Waals surface area contributed by atoms with Crippen molar-refractivity contribution in [3.63, 3.8) is 0 Å². The number of hydrogen-bond donors (Lipinski definition) is 1. The van der Waals surface area contributed by atoms with E-state index in [2.05, 4.69) is 33.4 Å². The number of benzene rings is 1. The minimum absolute atomic E-state index is 0.0277. The zero-order valence-corrected chi connectivity index (χ0v) is 18.7. The molecule has 1 aliphatic rings. The molecule has 1 saturated heterocycles. The molecule has 1 aromatic carbocycles. The van der Waals surface area contributed by atoms with Gasteiger partial charge in [0.15, 0.2) is 4.96 Å². The van der Waals surface area contributed by atoms with E-state index >= 15 is 0 Å². The lowest BCUT2D eigenvalue weighted by Gasteiger charge is -2.30. The van der Waals surface area contributed by atoms with E-state index in [1.807, 2.05) is 43.9 Å². The molecule has 30 heavy (non-hydrogen) atoms. The molecule has 6 nitrogen and oxygen atoms in total. The van der Waals surface area contributed by atoms with Gasteiger partial charge in [-0.05, 0) is 33.6 Å². The molecule has 7 heteroatoms. The minimum Gasteiger partial charge on any atom is -0.376 e. The number of rotatable bonds is 6. The summed E-state index contributed by atoms with van der Waals surface area (Å²) in [5.41, 5.74) is 3.00. The summed E-state index contributed by atoms with van der Waals surface area (Å²) >= 11 is 1.64. The van der Waals surface area contributed by atoms with Crippen molar-refractivity contribution >= 4 is 22.3 Å². The van der Waals surface area contributed by atoms with Crippen LogP contribution in [0.25, 0.3) is 16.2 Å². The molecule has 0 radical (unpaired) electrons. The molecule has 0 aliphatic carbocycles. The van der Waals surface area contributed by atoms with E-state index in [0.29, 0.717) is 13.1 Å². The maximum absolute atomic E-state index is 12.9. The molecule has 0 saturated carbocycles. The highest BCUT2D eigenvalue weighted by atomic mass is 32.1. The van der Waals surface area contributed by atoms with Crippen LogP contribution in [0.5, 0.6) is 0 Å². The summed E-state index contributed by atoms with van der Waals surface area (Å²) in [6.07, 6.45) is 5.09. The summed E-state index contributed by atoms with van der Waals surface area (Å²) < 4.78 is 7.94. The van der Waals surface area contributed by atoms with Gasteiger partial charge in [0.1, 0.15) is 0 Å². The second-order valence-corrected chi connectivity index (χ2v) is 9.72. The van der Waals surface area contributed by atoms with Crippen molar-refractivity contribution < 1.29 is 9.53 Å². The van der Waals surface area contributed by atoms with Gasteiger partial charge in [-0.15, -0.1) is 11.3 Å². The van der Waals surface area contributed by atoms with Gasteiger partial charge in [-0.25, -0.2) is 9.78 Å². The number of carbonyl (C=O) groups is 1. The number of thiazole rings is 1. The highest BCUT2D eigenvalue weighted by Gasteiger charge is 2.25. The van der Waals surface area contributed by atoms with E-state index in [-0.39, 0.29) is 17.7 Å². The van der Waals surface area contributed by atoms with Crippen molar-refractivity contribution in [2.45, 2.75) is 51.7 Å². The lowest BCUT2D eigenvalue weighted by atomic mass is 10.1. The molecule has 1 aliphatic heterocycles. The SMILES string of the molecule is CC(C)(C)NC(=O)N(CCc1csc2nc(-c3ccccc3)cn12)C[C@@H]1CCCO1. The normalized spacial score (nSPS) is 16.8. The Morgan fingerprint density at radius 3 is 2.83 bits per heavy atom. The Hall–Kier alpha value is -2.38. The molecular weight excluding hydrogens is 396 g/mol. The zero-order chi connectivity index (χ0) is 21.1. The van der Waals surface area contributed by atoms with Crippen molar-refractivity contribution in [2.75, 3.05) is 19.7 Å². The topological polar surface area (TPSA) is 58.9 Å². The standard InChI is InChI=1S/C23H30N4O2S/c1-23(2,3)25-21(28)26(14-19-10-7-13-29-19)12-11-18-16-30-22-24-20(15-27(18)22)17-8-5-4-6-9-17/h4-6,8-9,15-16,19H,7,10-14H2,1-3H3,(H,25,28)/t19-/m0/s1. The number of nitrogens with one attached hydrogen (secondary N) is 1. The average molecular weight is 427 g/mol.